The van der Waals surface area contributed by atoms with Gasteiger partial charge in [0.05, 0.1) is 19.7 Å². The number of morpholine rings is 1. The van der Waals surface area contributed by atoms with E-state index in [1.54, 1.807) is 14.7 Å². The highest BCUT2D eigenvalue weighted by molar-refractivity contribution is 5.87. The molecule has 1 aromatic rings. The molecule has 0 radical (unpaired) electrons. The van der Waals surface area contributed by atoms with Crippen molar-refractivity contribution in [2.45, 2.75) is 57.5 Å². The number of benzene rings is 1. The van der Waals surface area contributed by atoms with E-state index >= 15 is 0 Å². The normalized spacial score (nSPS) is 24.4. The number of aryl methyl sites for hydroxylation is 1. The van der Waals surface area contributed by atoms with Gasteiger partial charge in [-0.3, -0.25) is 14.4 Å². The van der Waals surface area contributed by atoms with Gasteiger partial charge in [-0.05, 0) is 50.7 Å². The number of para-hydroxylation sites is 1. The van der Waals surface area contributed by atoms with Crippen molar-refractivity contribution < 1.29 is 23.9 Å². The Labute approximate surface area is 202 Å². The van der Waals surface area contributed by atoms with Gasteiger partial charge < -0.3 is 24.2 Å². The zero-order valence-electron chi connectivity index (χ0n) is 20.3. The summed E-state index contributed by atoms with van der Waals surface area (Å²) in [5.74, 6) is 0.952. The van der Waals surface area contributed by atoms with Gasteiger partial charge >= 0.3 is 0 Å². The Morgan fingerprint density at radius 1 is 1.00 bits per heavy atom. The lowest BCUT2D eigenvalue weighted by atomic mass is 9.91. The number of amides is 3. The number of hydrogen-bond donors (Lipinski definition) is 0. The van der Waals surface area contributed by atoms with Gasteiger partial charge in [0.15, 0.2) is 5.60 Å². The van der Waals surface area contributed by atoms with Crippen molar-refractivity contribution in [3.63, 3.8) is 0 Å². The lowest BCUT2D eigenvalue weighted by molar-refractivity contribution is -0.176. The smallest absolute Gasteiger partial charge is 0.256 e. The largest absolute Gasteiger partial charge is 0.491 e. The lowest BCUT2D eigenvalue weighted by Crippen LogP contribution is -2.62. The van der Waals surface area contributed by atoms with Gasteiger partial charge in [0.1, 0.15) is 12.4 Å². The van der Waals surface area contributed by atoms with Gasteiger partial charge in [-0.25, -0.2) is 0 Å². The molecule has 1 aromatic carbocycles. The van der Waals surface area contributed by atoms with Crippen molar-refractivity contribution in [1.29, 1.82) is 0 Å². The van der Waals surface area contributed by atoms with Crippen LogP contribution in [0.2, 0.25) is 0 Å². The van der Waals surface area contributed by atoms with E-state index in [9.17, 15) is 14.4 Å². The lowest BCUT2D eigenvalue weighted by Gasteiger charge is -2.44. The van der Waals surface area contributed by atoms with Crippen LogP contribution < -0.4 is 4.74 Å². The van der Waals surface area contributed by atoms with Crippen LogP contribution in [0.3, 0.4) is 0 Å². The first-order valence-corrected chi connectivity index (χ1v) is 12.7. The molecule has 0 saturated carbocycles. The molecule has 2 saturated heterocycles. The SMILES string of the molecule is CCN1CCOc2ccccc2CCCCC2(CN(C(=O)CCN3CCCC3=O)CCO2)C1=O. The van der Waals surface area contributed by atoms with Crippen LogP contribution in [0.1, 0.15) is 51.0 Å². The maximum absolute atomic E-state index is 13.7. The molecule has 0 N–H and O–H groups in total. The number of fused-ring (bicyclic) bond motifs is 1. The van der Waals surface area contributed by atoms with Crippen LogP contribution in [0.15, 0.2) is 24.3 Å². The summed E-state index contributed by atoms with van der Waals surface area (Å²) in [6.45, 7) is 5.68. The first-order valence-electron chi connectivity index (χ1n) is 12.7. The fraction of sp³-hybridized carbons (Fsp3) is 0.654. The summed E-state index contributed by atoms with van der Waals surface area (Å²) in [5, 5.41) is 0. The summed E-state index contributed by atoms with van der Waals surface area (Å²) in [6, 6.07) is 8.09. The van der Waals surface area contributed by atoms with Crippen LogP contribution in [-0.2, 0) is 25.5 Å². The molecule has 3 aliphatic rings. The average molecular weight is 472 g/mol. The Bertz CT molecular complexity index is 891. The fourth-order valence-corrected chi connectivity index (χ4v) is 5.25. The van der Waals surface area contributed by atoms with Crippen LogP contribution in [-0.4, -0.2) is 90.5 Å². The van der Waals surface area contributed by atoms with Gasteiger partial charge in [-0.1, -0.05) is 18.2 Å². The van der Waals surface area contributed by atoms with Gasteiger partial charge in [0.25, 0.3) is 5.91 Å². The van der Waals surface area contributed by atoms with E-state index in [0.717, 1.165) is 38.0 Å². The molecule has 3 amide bonds. The first-order chi connectivity index (χ1) is 16.5. The predicted octanol–water partition coefficient (Wildman–Crippen LogP) is 2.25. The van der Waals surface area contributed by atoms with E-state index in [1.165, 1.54) is 5.56 Å². The molecule has 0 bridgehead atoms. The second-order valence-corrected chi connectivity index (χ2v) is 9.44. The van der Waals surface area contributed by atoms with E-state index in [1.807, 2.05) is 25.1 Å². The van der Waals surface area contributed by atoms with E-state index in [4.69, 9.17) is 9.47 Å². The standard InChI is InChI=1S/C26H37N3O5/c1-2-27-16-18-33-22-10-4-3-8-21(22)9-5-6-13-26(25(27)32)20-29(17-19-34-26)24(31)12-15-28-14-7-11-23(28)30/h3-4,8,10H,2,5-7,9,11-20H2,1H3. The van der Waals surface area contributed by atoms with Gasteiger partial charge in [-0.15, -0.1) is 0 Å². The van der Waals surface area contributed by atoms with Gasteiger partial charge in [0, 0.05) is 39.0 Å². The Balaban J connectivity index is 1.46. The molecule has 3 heterocycles. The summed E-state index contributed by atoms with van der Waals surface area (Å²) in [4.78, 5) is 44.0. The van der Waals surface area contributed by atoms with E-state index in [0.29, 0.717) is 52.2 Å². The molecule has 0 aliphatic carbocycles. The molecule has 0 aromatic heterocycles. The molecule has 34 heavy (non-hydrogen) atoms. The highest BCUT2D eigenvalue weighted by Crippen LogP contribution is 2.30. The maximum Gasteiger partial charge on any atom is 0.256 e. The number of carbonyl (C=O) groups is 3. The monoisotopic (exact) mass is 471 g/mol. The molecule has 8 heteroatoms. The molecule has 8 nitrogen and oxygen atoms in total. The Morgan fingerprint density at radius 3 is 2.65 bits per heavy atom. The van der Waals surface area contributed by atoms with Crippen LogP contribution in [0.4, 0.5) is 0 Å². The minimum Gasteiger partial charge on any atom is -0.491 e. The fourth-order valence-electron chi connectivity index (χ4n) is 5.25. The topological polar surface area (TPSA) is 79.4 Å². The Hall–Kier alpha value is -2.61. The third kappa shape index (κ3) is 5.54. The van der Waals surface area contributed by atoms with E-state index in [-0.39, 0.29) is 30.7 Å². The number of likely N-dealkylation sites (N-methyl/N-ethyl adjacent to an activating group) is 1. The van der Waals surface area contributed by atoms with Crippen molar-refractivity contribution in [3.05, 3.63) is 29.8 Å². The van der Waals surface area contributed by atoms with Crippen molar-refractivity contribution in [3.8, 4) is 5.75 Å². The highest BCUT2D eigenvalue weighted by Gasteiger charge is 2.46. The third-order valence-electron chi connectivity index (χ3n) is 7.23. The van der Waals surface area contributed by atoms with Crippen LogP contribution in [0, 0.1) is 0 Å². The minimum atomic E-state index is -1.02. The van der Waals surface area contributed by atoms with Gasteiger partial charge in [0.2, 0.25) is 11.8 Å². The number of carbonyl (C=O) groups excluding carboxylic acids is 3. The van der Waals surface area contributed by atoms with Crippen LogP contribution >= 0.6 is 0 Å². The second kappa shape index (κ2) is 11.2. The Kier molecular flexibility index (Phi) is 8.08. The predicted molar refractivity (Wildman–Crippen MR) is 127 cm³/mol. The maximum atomic E-state index is 13.7. The number of rotatable bonds is 4. The first kappa shape index (κ1) is 24.5. The van der Waals surface area contributed by atoms with Crippen molar-refractivity contribution >= 4 is 17.7 Å². The quantitative estimate of drug-likeness (QED) is 0.673. The summed E-state index contributed by atoms with van der Waals surface area (Å²) < 4.78 is 12.2. The van der Waals surface area contributed by atoms with Crippen LogP contribution in [0.5, 0.6) is 5.75 Å². The molecule has 2 fully saturated rings. The van der Waals surface area contributed by atoms with E-state index < -0.39 is 5.60 Å². The zero-order valence-corrected chi connectivity index (χ0v) is 20.3. The van der Waals surface area contributed by atoms with Crippen LogP contribution in [0.25, 0.3) is 0 Å². The second-order valence-electron chi connectivity index (χ2n) is 9.44. The summed E-state index contributed by atoms with van der Waals surface area (Å²) >= 11 is 0. The average Bonchev–Trinajstić information content (AvgIpc) is 3.27. The van der Waals surface area contributed by atoms with Gasteiger partial charge in [-0.2, -0.15) is 0 Å². The zero-order chi connectivity index (χ0) is 24.0. The molecule has 4 rings (SSSR count). The summed E-state index contributed by atoms with van der Waals surface area (Å²) in [5.41, 5.74) is 0.163. The number of likely N-dealkylation sites (tertiary alicyclic amines) is 1. The summed E-state index contributed by atoms with van der Waals surface area (Å²) in [7, 11) is 0. The number of ether oxygens (including phenoxy) is 2. The summed E-state index contributed by atoms with van der Waals surface area (Å²) in [6.07, 6.45) is 4.92. The molecular formula is C26H37N3O5. The minimum absolute atomic E-state index is 0.0124. The number of nitrogens with zero attached hydrogens (tertiary/aromatic N) is 3. The molecular weight excluding hydrogens is 434 g/mol. The van der Waals surface area contributed by atoms with E-state index in [2.05, 4.69) is 6.07 Å². The molecule has 1 unspecified atom stereocenters. The number of hydrogen-bond acceptors (Lipinski definition) is 5. The van der Waals surface area contributed by atoms with Crippen molar-refractivity contribution in [2.24, 2.45) is 0 Å². The third-order valence-corrected chi connectivity index (χ3v) is 7.23. The van der Waals surface area contributed by atoms with Crippen molar-refractivity contribution in [2.75, 3.05) is 52.5 Å². The molecule has 186 valence electrons. The molecule has 1 spiro atoms. The molecule has 1 atom stereocenters. The highest BCUT2D eigenvalue weighted by atomic mass is 16.5. The Morgan fingerprint density at radius 2 is 1.85 bits per heavy atom. The van der Waals surface area contributed by atoms with Crippen molar-refractivity contribution in [1.82, 2.24) is 14.7 Å². The molecule has 3 aliphatic heterocycles.